The van der Waals surface area contributed by atoms with Gasteiger partial charge >= 0.3 is 5.97 Å². The molecule has 1 N–H and O–H groups in total. The molecular formula is C14H26N4O2S. The van der Waals surface area contributed by atoms with E-state index in [0.29, 0.717) is 6.61 Å². The molecular weight excluding hydrogens is 288 g/mol. The Morgan fingerprint density at radius 3 is 2.67 bits per heavy atom. The van der Waals surface area contributed by atoms with E-state index in [-0.39, 0.29) is 5.97 Å². The molecule has 0 amide bonds. The third-order valence-corrected chi connectivity index (χ3v) is 4.74. The van der Waals surface area contributed by atoms with Gasteiger partial charge < -0.3 is 14.6 Å². The highest BCUT2D eigenvalue weighted by atomic mass is 32.2. The monoisotopic (exact) mass is 314 g/mol. The lowest BCUT2D eigenvalue weighted by atomic mass is 9.95. The summed E-state index contributed by atoms with van der Waals surface area (Å²) in [6, 6.07) is 0. The van der Waals surface area contributed by atoms with Crippen LogP contribution in [-0.2, 0) is 16.6 Å². The number of hydrogen-bond donors (Lipinski definition) is 1. The zero-order chi connectivity index (χ0) is 15.9. The quantitative estimate of drug-likeness (QED) is 0.427. The Morgan fingerprint density at radius 1 is 1.43 bits per heavy atom. The summed E-state index contributed by atoms with van der Waals surface area (Å²) in [6.45, 7) is 6.07. The van der Waals surface area contributed by atoms with Gasteiger partial charge in [0.2, 0.25) is 0 Å². The Morgan fingerprint density at radius 2 is 2.14 bits per heavy atom. The standard InChI is InChI=1S/C14H26N4O2S/c1-6-20-12(19)14(3,15-4)9-7-8-10-21-13-17-16-11(2)18(13)5/h15H,6-10H2,1-5H3. The fraction of sp³-hybridized carbons (Fsp3) is 0.786. The minimum atomic E-state index is -0.595. The molecule has 0 saturated carbocycles. The average molecular weight is 314 g/mol. The molecule has 0 saturated heterocycles. The third kappa shape index (κ3) is 5.00. The number of aromatic nitrogens is 3. The number of hydrogen-bond acceptors (Lipinski definition) is 6. The molecule has 1 rings (SSSR count). The van der Waals surface area contributed by atoms with Gasteiger partial charge in [0.25, 0.3) is 0 Å². The summed E-state index contributed by atoms with van der Waals surface area (Å²) in [6.07, 6.45) is 2.74. The Bertz CT molecular complexity index is 464. The fourth-order valence-electron chi connectivity index (χ4n) is 1.88. The van der Waals surface area contributed by atoms with Crippen LogP contribution in [0.2, 0.25) is 0 Å². The second-order valence-electron chi connectivity index (χ2n) is 5.20. The number of nitrogens with one attached hydrogen (secondary N) is 1. The zero-order valence-corrected chi connectivity index (χ0v) is 14.4. The van der Waals surface area contributed by atoms with Gasteiger partial charge in [-0.15, -0.1) is 10.2 Å². The lowest BCUT2D eigenvalue weighted by Crippen LogP contribution is -2.48. The van der Waals surface area contributed by atoms with Crippen molar-refractivity contribution in [1.82, 2.24) is 20.1 Å². The molecule has 1 aromatic heterocycles. The molecule has 0 radical (unpaired) electrons. The molecule has 0 aliphatic carbocycles. The van der Waals surface area contributed by atoms with Gasteiger partial charge in [0, 0.05) is 12.8 Å². The summed E-state index contributed by atoms with van der Waals surface area (Å²) < 4.78 is 7.10. The molecule has 120 valence electrons. The van der Waals surface area contributed by atoms with Crippen LogP contribution in [0.4, 0.5) is 0 Å². The first-order valence-corrected chi connectivity index (χ1v) is 8.28. The lowest BCUT2D eigenvalue weighted by molar-refractivity contribution is -0.150. The number of rotatable bonds is 9. The maximum Gasteiger partial charge on any atom is 0.326 e. The van der Waals surface area contributed by atoms with Crippen molar-refractivity contribution in [3.8, 4) is 0 Å². The number of nitrogens with zero attached hydrogens (tertiary/aromatic N) is 3. The number of carbonyl (C=O) groups excluding carboxylic acids is 1. The topological polar surface area (TPSA) is 69.0 Å². The lowest BCUT2D eigenvalue weighted by Gasteiger charge is -2.26. The molecule has 7 heteroatoms. The van der Waals surface area contributed by atoms with E-state index in [0.717, 1.165) is 36.0 Å². The van der Waals surface area contributed by atoms with Crippen molar-refractivity contribution in [2.45, 2.75) is 50.7 Å². The normalized spacial score (nSPS) is 14.0. The van der Waals surface area contributed by atoms with Crippen LogP contribution >= 0.6 is 11.8 Å². The third-order valence-electron chi connectivity index (χ3n) is 3.63. The number of aryl methyl sites for hydroxylation is 1. The van der Waals surface area contributed by atoms with Crippen LogP contribution in [0.1, 0.15) is 38.9 Å². The first-order chi connectivity index (χ1) is 9.94. The van der Waals surface area contributed by atoms with E-state index in [1.54, 1.807) is 18.8 Å². The molecule has 6 nitrogen and oxygen atoms in total. The molecule has 1 unspecified atom stereocenters. The zero-order valence-electron chi connectivity index (χ0n) is 13.6. The van der Waals surface area contributed by atoms with Crippen molar-refractivity contribution in [3.63, 3.8) is 0 Å². The maximum absolute atomic E-state index is 11.9. The largest absolute Gasteiger partial charge is 0.465 e. The smallest absolute Gasteiger partial charge is 0.326 e. The number of thioether (sulfide) groups is 1. The molecule has 0 fully saturated rings. The second-order valence-corrected chi connectivity index (χ2v) is 6.26. The number of esters is 1. The van der Waals surface area contributed by atoms with Crippen molar-refractivity contribution in [2.24, 2.45) is 7.05 Å². The van der Waals surface area contributed by atoms with Gasteiger partial charge in [-0.05, 0) is 40.7 Å². The van der Waals surface area contributed by atoms with Gasteiger partial charge in [0.15, 0.2) is 5.16 Å². The Kier molecular flexibility index (Phi) is 7.17. The highest BCUT2D eigenvalue weighted by molar-refractivity contribution is 7.99. The van der Waals surface area contributed by atoms with Gasteiger partial charge in [0.1, 0.15) is 11.4 Å². The maximum atomic E-state index is 11.9. The second kappa shape index (κ2) is 8.38. The number of unbranched alkanes of at least 4 members (excludes halogenated alkanes) is 1. The highest BCUT2D eigenvalue weighted by Crippen LogP contribution is 2.20. The molecule has 21 heavy (non-hydrogen) atoms. The van der Waals surface area contributed by atoms with Crippen LogP contribution in [0, 0.1) is 6.92 Å². The first kappa shape index (κ1) is 18.0. The summed E-state index contributed by atoms with van der Waals surface area (Å²) in [5.41, 5.74) is -0.595. The van der Waals surface area contributed by atoms with E-state index in [4.69, 9.17) is 4.74 Å². The van der Waals surface area contributed by atoms with E-state index >= 15 is 0 Å². The molecule has 0 aromatic carbocycles. The van der Waals surface area contributed by atoms with Crippen molar-refractivity contribution >= 4 is 17.7 Å². The van der Waals surface area contributed by atoms with Crippen molar-refractivity contribution < 1.29 is 9.53 Å². The Balaban J connectivity index is 2.32. The van der Waals surface area contributed by atoms with Crippen molar-refractivity contribution in [1.29, 1.82) is 0 Å². The van der Waals surface area contributed by atoms with E-state index in [1.807, 2.05) is 32.4 Å². The van der Waals surface area contributed by atoms with Gasteiger partial charge in [-0.2, -0.15) is 0 Å². The number of ether oxygens (including phenoxy) is 1. The molecule has 0 aliphatic heterocycles. The van der Waals surface area contributed by atoms with E-state index in [9.17, 15) is 4.79 Å². The van der Waals surface area contributed by atoms with Crippen LogP contribution < -0.4 is 5.32 Å². The van der Waals surface area contributed by atoms with Gasteiger partial charge in [-0.3, -0.25) is 4.79 Å². The van der Waals surface area contributed by atoms with Gasteiger partial charge in [0.05, 0.1) is 6.61 Å². The SMILES string of the molecule is CCOC(=O)C(C)(CCCCSc1nnc(C)n1C)NC. The van der Waals surface area contributed by atoms with Crippen molar-refractivity contribution in [3.05, 3.63) is 5.82 Å². The summed E-state index contributed by atoms with van der Waals surface area (Å²) >= 11 is 1.70. The van der Waals surface area contributed by atoms with Gasteiger partial charge in [-0.1, -0.05) is 18.2 Å². The number of likely N-dealkylation sites (N-methyl/N-ethyl adjacent to an activating group) is 1. The minimum absolute atomic E-state index is 0.177. The van der Waals surface area contributed by atoms with Crippen LogP contribution in [-0.4, -0.2) is 45.7 Å². The Labute approximate surface area is 131 Å². The summed E-state index contributed by atoms with van der Waals surface area (Å²) in [4.78, 5) is 11.9. The van der Waals surface area contributed by atoms with Gasteiger partial charge in [-0.25, -0.2) is 0 Å². The summed E-state index contributed by atoms with van der Waals surface area (Å²) in [5, 5.41) is 12.2. The Hall–Kier alpha value is -1.08. The molecule has 0 aliphatic rings. The van der Waals surface area contributed by atoms with Crippen LogP contribution in [0.25, 0.3) is 0 Å². The summed E-state index contributed by atoms with van der Waals surface area (Å²) in [7, 11) is 3.77. The van der Waals surface area contributed by atoms with E-state index in [1.165, 1.54) is 0 Å². The van der Waals surface area contributed by atoms with E-state index in [2.05, 4.69) is 15.5 Å². The predicted molar refractivity (Wildman–Crippen MR) is 84.4 cm³/mol. The van der Waals surface area contributed by atoms with Crippen LogP contribution in [0.5, 0.6) is 0 Å². The van der Waals surface area contributed by atoms with Crippen LogP contribution in [0.3, 0.4) is 0 Å². The average Bonchev–Trinajstić information content (AvgIpc) is 2.78. The molecule has 0 bridgehead atoms. The highest BCUT2D eigenvalue weighted by Gasteiger charge is 2.32. The number of carbonyl (C=O) groups is 1. The molecule has 1 heterocycles. The molecule has 0 spiro atoms. The van der Waals surface area contributed by atoms with Crippen molar-refractivity contribution in [2.75, 3.05) is 19.4 Å². The molecule has 1 aromatic rings. The minimum Gasteiger partial charge on any atom is -0.465 e. The summed E-state index contributed by atoms with van der Waals surface area (Å²) in [5.74, 6) is 1.71. The molecule has 1 atom stereocenters. The first-order valence-electron chi connectivity index (χ1n) is 7.29. The predicted octanol–water partition coefficient (Wildman–Crippen LogP) is 1.93. The fourth-order valence-corrected chi connectivity index (χ4v) is 2.83. The van der Waals surface area contributed by atoms with E-state index < -0.39 is 5.54 Å². The van der Waals surface area contributed by atoms with Crippen LogP contribution in [0.15, 0.2) is 5.16 Å².